The van der Waals surface area contributed by atoms with E-state index < -0.39 is 11.8 Å². The van der Waals surface area contributed by atoms with Gasteiger partial charge in [0.15, 0.2) is 5.76 Å². The Hall–Kier alpha value is -3.72. The van der Waals surface area contributed by atoms with Gasteiger partial charge in [-0.05, 0) is 48.5 Å². The van der Waals surface area contributed by atoms with E-state index in [0.29, 0.717) is 28.2 Å². The average Bonchev–Trinajstić information content (AvgIpc) is 3.38. The number of ether oxygens (including phenoxy) is 1. The molecular weight excluding hydrogens is 423 g/mol. The second kappa shape index (κ2) is 8.57. The zero-order chi connectivity index (χ0) is 22.0. The van der Waals surface area contributed by atoms with Crippen LogP contribution in [0.4, 0.5) is 10.1 Å². The van der Waals surface area contributed by atoms with Gasteiger partial charge in [0.2, 0.25) is 5.76 Å². The topological polar surface area (TPSA) is 108 Å². The molecule has 0 radical (unpaired) electrons. The molecule has 0 aliphatic carbocycles. The number of hydrogen-bond donors (Lipinski definition) is 2. The van der Waals surface area contributed by atoms with Crippen molar-refractivity contribution >= 4 is 40.2 Å². The Labute approximate surface area is 180 Å². The number of methoxy groups -OCH3 is 1. The molecule has 2 aromatic heterocycles. The summed E-state index contributed by atoms with van der Waals surface area (Å²) in [6.45, 7) is 0. The largest absolute Gasteiger partial charge is 0.497 e. The Morgan fingerprint density at radius 2 is 1.87 bits per heavy atom. The number of furan rings is 2. The van der Waals surface area contributed by atoms with E-state index in [1.165, 1.54) is 37.1 Å². The number of carbonyl (C=O) groups excluding carboxylic acids is 2. The van der Waals surface area contributed by atoms with Gasteiger partial charge in [-0.2, -0.15) is 0 Å². The summed E-state index contributed by atoms with van der Waals surface area (Å²) in [5.41, 5.74) is 5.91. The molecule has 0 bridgehead atoms. The lowest BCUT2D eigenvalue weighted by molar-refractivity contribution is 0.0977. The Morgan fingerprint density at radius 1 is 1.10 bits per heavy atom. The number of nitrogens with two attached hydrogens (primary N) is 1. The van der Waals surface area contributed by atoms with Crippen LogP contribution in [0.25, 0.3) is 11.0 Å². The summed E-state index contributed by atoms with van der Waals surface area (Å²) >= 11 is 1.44. The Morgan fingerprint density at radius 3 is 2.58 bits per heavy atom. The van der Waals surface area contributed by atoms with Crippen molar-refractivity contribution in [1.29, 1.82) is 0 Å². The van der Waals surface area contributed by atoms with Crippen LogP contribution < -0.4 is 15.8 Å². The van der Waals surface area contributed by atoms with Gasteiger partial charge >= 0.3 is 0 Å². The van der Waals surface area contributed by atoms with Crippen LogP contribution in [0.5, 0.6) is 5.75 Å². The minimum absolute atomic E-state index is 0.0630. The lowest BCUT2D eigenvalue weighted by Crippen LogP contribution is -2.16. The maximum absolute atomic E-state index is 13.0. The van der Waals surface area contributed by atoms with Gasteiger partial charge in [0.25, 0.3) is 11.8 Å². The standard InChI is InChI=1S/C22H17FN2O5S/c1-28-13-4-8-16-18(10-13)30-20(21(24)26)19(16)25-22(27)17-9-5-14(29-17)11-31-15-6-2-12(23)3-7-15/h2-10H,11H2,1H3,(H2,24,26)(H,25,27). The third kappa shape index (κ3) is 4.41. The van der Waals surface area contributed by atoms with Crippen LogP contribution >= 0.6 is 11.8 Å². The normalized spacial score (nSPS) is 10.9. The third-order valence-electron chi connectivity index (χ3n) is 4.44. The molecule has 4 rings (SSSR count). The van der Waals surface area contributed by atoms with Gasteiger partial charge in [0, 0.05) is 16.3 Å². The number of carbonyl (C=O) groups is 2. The van der Waals surface area contributed by atoms with Gasteiger partial charge in [-0.3, -0.25) is 9.59 Å². The molecule has 7 nitrogen and oxygen atoms in total. The molecule has 2 aromatic carbocycles. The van der Waals surface area contributed by atoms with E-state index in [4.69, 9.17) is 19.3 Å². The number of nitrogens with one attached hydrogen (secondary N) is 1. The number of primary amides is 1. The summed E-state index contributed by atoms with van der Waals surface area (Å²) in [6, 6.07) is 14.2. The summed E-state index contributed by atoms with van der Waals surface area (Å²) in [7, 11) is 1.50. The zero-order valence-corrected chi connectivity index (χ0v) is 17.1. The monoisotopic (exact) mass is 440 g/mol. The van der Waals surface area contributed by atoms with Crippen molar-refractivity contribution in [2.75, 3.05) is 12.4 Å². The number of anilines is 1. The van der Waals surface area contributed by atoms with Gasteiger partial charge in [0.05, 0.1) is 12.9 Å². The SMILES string of the molecule is COc1ccc2c(NC(=O)c3ccc(CSc4ccc(F)cc4)o3)c(C(N)=O)oc2c1. The van der Waals surface area contributed by atoms with Crippen LogP contribution in [0.3, 0.4) is 0 Å². The van der Waals surface area contributed by atoms with E-state index in [2.05, 4.69) is 5.32 Å². The van der Waals surface area contributed by atoms with Crippen LogP contribution in [0.1, 0.15) is 26.9 Å². The number of amides is 2. The van der Waals surface area contributed by atoms with E-state index in [9.17, 15) is 14.0 Å². The van der Waals surface area contributed by atoms with Crippen molar-refractivity contribution in [3.8, 4) is 5.75 Å². The van der Waals surface area contributed by atoms with Gasteiger partial charge in [-0.1, -0.05) is 0 Å². The highest BCUT2D eigenvalue weighted by Crippen LogP contribution is 2.33. The van der Waals surface area contributed by atoms with Gasteiger partial charge in [-0.25, -0.2) is 4.39 Å². The number of hydrogen-bond acceptors (Lipinski definition) is 6. The van der Waals surface area contributed by atoms with Crippen LogP contribution in [0, 0.1) is 5.82 Å². The Bertz CT molecular complexity index is 1260. The highest BCUT2D eigenvalue weighted by molar-refractivity contribution is 7.98. The number of thioether (sulfide) groups is 1. The molecule has 158 valence electrons. The molecule has 0 spiro atoms. The van der Waals surface area contributed by atoms with Gasteiger partial charge < -0.3 is 24.6 Å². The summed E-state index contributed by atoms with van der Waals surface area (Å²) in [4.78, 5) is 25.4. The first kappa shape index (κ1) is 20.5. The highest BCUT2D eigenvalue weighted by atomic mass is 32.2. The summed E-state index contributed by atoms with van der Waals surface area (Å²) in [5, 5.41) is 3.15. The molecule has 3 N–H and O–H groups in total. The first-order chi connectivity index (χ1) is 14.9. The van der Waals surface area contributed by atoms with Crippen molar-refractivity contribution in [2.45, 2.75) is 10.6 Å². The fourth-order valence-corrected chi connectivity index (χ4v) is 3.73. The molecule has 4 aromatic rings. The maximum Gasteiger partial charge on any atom is 0.291 e. The minimum Gasteiger partial charge on any atom is -0.497 e. The molecule has 0 fully saturated rings. The van der Waals surface area contributed by atoms with E-state index in [-0.39, 0.29) is 23.0 Å². The van der Waals surface area contributed by atoms with Crippen LogP contribution in [-0.4, -0.2) is 18.9 Å². The van der Waals surface area contributed by atoms with Gasteiger partial charge in [-0.15, -0.1) is 11.8 Å². The molecule has 0 unspecified atom stereocenters. The van der Waals surface area contributed by atoms with Crippen molar-refractivity contribution in [1.82, 2.24) is 0 Å². The number of rotatable bonds is 7. The second-order valence-corrected chi connectivity index (χ2v) is 7.54. The fraction of sp³-hybridized carbons (Fsp3) is 0.0909. The third-order valence-corrected chi connectivity index (χ3v) is 5.47. The summed E-state index contributed by atoms with van der Waals surface area (Å²) < 4.78 is 29.3. The molecule has 31 heavy (non-hydrogen) atoms. The van der Waals surface area contributed by atoms with Crippen LogP contribution in [0.15, 0.2) is 68.3 Å². The molecule has 2 heterocycles. The number of halogens is 1. The Balaban J connectivity index is 1.52. The molecule has 0 aliphatic heterocycles. The first-order valence-corrected chi connectivity index (χ1v) is 10.1. The van der Waals surface area contributed by atoms with E-state index in [1.54, 1.807) is 36.4 Å². The molecule has 0 atom stereocenters. The molecule has 0 aliphatic rings. The lowest BCUT2D eigenvalue weighted by atomic mass is 10.2. The average molecular weight is 440 g/mol. The van der Waals surface area contributed by atoms with Crippen molar-refractivity contribution < 1.29 is 27.6 Å². The van der Waals surface area contributed by atoms with E-state index in [1.807, 2.05) is 0 Å². The van der Waals surface area contributed by atoms with Crippen molar-refractivity contribution in [3.63, 3.8) is 0 Å². The van der Waals surface area contributed by atoms with Crippen molar-refractivity contribution in [3.05, 3.63) is 77.7 Å². The molecule has 9 heteroatoms. The quantitative estimate of drug-likeness (QED) is 0.399. The number of fused-ring (bicyclic) bond motifs is 1. The zero-order valence-electron chi connectivity index (χ0n) is 16.3. The first-order valence-electron chi connectivity index (χ1n) is 9.13. The molecule has 2 amide bonds. The minimum atomic E-state index is -0.818. The van der Waals surface area contributed by atoms with Crippen LogP contribution in [0.2, 0.25) is 0 Å². The summed E-state index contributed by atoms with van der Waals surface area (Å²) in [5.74, 6) is -0.230. The molecule has 0 saturated carbocycles. The molecule has 0 saturated heterocycles. The van der Waals surface area contributed by atoms with Gasteiger partial charge in [0.1, 0.15) is 28.6 Å². The lowest BCUT2D eigenvalue weighted by Gasteiger charge is -2.03. The maximum atomic E-state index is 13.0. The number of benzene rings is 2. The second-order valence-electron chi connectivity index (χ2n) is 6.50. The smallest absolute Gasteiger partial charge is 0.291 e. The Kier molecular flexibility index (Phi) is 5.68. The van der Waals surface area contributed by atoms with Crippen molar-refractivity contribution in [2.24, 2.45) is 5.73 Å². The van der Waals surface area contributed by atoms with E-state index in [0.717, 1.165) is 4.90 Å². The van der Waals surface area contributed by atoms with Crippen LogP contribution in [-0.2, 0) is 5.75 Å². The molecular formula is C22H17FN2O5S. The van der Waals surface area contributed by atoms with E-state index >= 15 is 0 Å². The summed E-state index contributed by atoms with van der Waals surface area (Å²) in [6.07, 6.45) is 0. The fourth-order valence-electron chi connectivity index (χ4n) is 2.94. The highest BCUT2D eigenvalue weighted by Gasteiger charge is 2.22. The predicted octanol–water partition coefficient (Wildman–Crippen LogP) is 4.82. The predicted molar refractivity (Wildman–Crippen MR) is 114 cm³/mol.